The van der Waals surface area contributed by atoms with Crippen LogP contribution >= 0.6 is 46.6 Å². The van der Waals surface area contributed by atoms with Crippen molar-refractivity contribution in [1.29, 1.82) is 0 Å². The average Bonchev–Trinajstić information content (AvgIpc) is 1.97. The number of hydrogen-bond donors (Lipinski definition) is 0. The van der Waals surface area contributed by atoms with Crippen molar-refractivity contribution in [2.75, 3.05) is 6.54 Å². The summed E-state index contributed by atoms with van der Waals surface area (Å²) in [5, 5.41) is 0. The summed E-state index contributed by atoms with van der Waals surface area (Å²) in [6.07, 6.45) is 1.71. The van der Waals surface area contributed by atoms with Gasteiger partial charge in [0.25, 0.3) is 9.70 Å². The average molecular weight is 253 g/mol. The number of halogens is 4. The number of alkyl halides is 3. The molecule has 0 spiro atoms. The van der Waals surface area contributed by atoms with E-state index in [4.69, 9.17) is 46.6 Å². The highest BCUT2D eigenvalue weighted by atomic mass is 35.6. The minimum absolute atomic E-state index is 0.394. The molecular formula is C6H9Cl4NO. The van der Waals surface area contributed by atoms with Gasteiger partial charge in [0.1, 0.15) is 0 Å². The van der Waals surface area contributed by atoms with Crippen LogP contribution in [0.5, 0.6) is 0 Å². The second-order valence-corrected chi connectivity index (χ2v) is 4.93. The Hall–Kier alpha value is 0.630. The van der Waals surface area contributed by atoms with Gasteiger partial charge < -0.3 is 0 Å². The normalized spacial score (nSPS) is 11.4. The molecule has 0 fully saturated rings. The van der Waals surface area contributed by atoms with Gasteiger partial charge in [-0.3, -0.25) is 9.21 Å². The zero-order chi connectivity index (χ0) is 9.78. The van der Waals surface area contributed by atoms with Gasteiger partial charge >= 0.3 is 0 Å². The highest BCUT2D eigenvalue weighted by Crippen LogP contribution is 2.29. The van der Waals surface area contributed by atoms with Crippen LogP contribution < -0.4 is 0 Å². The van der Waals surface area contributed by atoms with E-state index < -0.39 is 9.70 Å². The van der Waals surface area contributed by atoms with Crippen LogP contribution in [-0.4, -0.2) is 20.7 Å². The van der Waals surface area contributed by atoms with Crippen LogP contribution in [0.1, 0.15) is 19.8 Å². The molecule has 0 heterocycles. The number of unbranched alkanes of at least 4 members (excludes halogenated alkanes) is 1. The Morgan fingerprint density at radius 3 is 2.25 bits per heavy atom. The number of hydrogen-bond acceptors (Lipinski definition) is 1. The summed E-state index contributed by atoms with van der Waals surface area (Å²) in [6, 6.07) is 0. The maximum atomic E-state index is 11.1. The number of carbonyl (C=O) groups is 1. The molecule has 2 nitrogen and oxygen atoms in total. The highest BCUT2D eigenvalue weighted by molar-refractivity contribution is 6.76. The number of amides is 1. The van der Waals surface area contributed by atoms with Crippen molar-refractivity contribution < 1.29 is 4.79 Å². The van der Waals surface area contributed by atoms with Crippen molar-refractivity contribution in [2.24, 2.45) is 0 Å². The van der Waals surface area contributed by atoms with Crippen LogP contribution in [0.2, 0.25) is 0 Å². The summed E-state index contributed by atoms with van der Waals surface area (Å²) in [6.45, 7) is 2.37. The predicted octanol–water partition coefficient (Wildman–Crippen LogP) is 3.14. The van der Waals surface area contributed by atoms with Crippen LogP contribution in [0.4, 0.5) is 0 Å². The Balaban J connectivity index is 3.94. The Kier molecular flexibility index (Phi) is 5.66. The molecule has 0 aliphatic rings. The van der Waals surface area contributed by atoms with Crippen LogP contribution in [0.3, 0.4) is 0 Å². The molecule has 0 aromatic rings. The van der Waals surface area contributed by atoms with Gasteiger partial charge in [-0.25, -0.2) is 0 Å². The topological polar surface area (TPSA) is 20.3 Å². The summed E-state index contributed by atoms with van der Waals surface area (Å²) in [5.74, 6) is -0.706. The smallest absolute Gasteiger partial charge is 0.269 e. The molecule has 6 heteroatoms. The summed E-state index contributed by atoms with van der Waals surface area (Å²) in [4.78, 5) is 11.1. The van der Waals surface area contributed by atoms with Crippen molar-refractivity contribution in [3.8, 4) is 0 Å². The maximum absolute atomic E-state index is 11.1. The molecule has 1 amide bonds. The van der Waals surface area contributed by atoms with Crippen molar-refractivity contribution in [2.45, 2.75) is 23.6 Å². The number of nitrogens with zero attached hydrogens (tertiary/aromatic N) is 1. The van der Waals surface area contributed by atoms with Crippen LogP contribution in [0.15, 0.2) is 0 Å². The lowest BCUT2D eigenvalue weighted by Gasteiger charge is -2.17. The standard InChI is InChI=1S/C6H9Cl4NO/c1-2-3-4-11(10)5(12)6(7,8)9/h2-4H2,1H3. The monoisotopic (exact) mass is 251 g/mol. The first kappa shape index (κ1) is 12.6. The van der Waals surface area contributed by atoms with Crippen LogP contribution in [0, 0.1) is 0 Å². The van der Waals surface area contributed by atoms with Gasteiger partial charge in [-0.1, -0.05) is 48.1 Å². The zero-order valence-corrected chi connectivity index (χ0v) is 9.51. The van der Waals surface area contributed by atoms with E-state index in [0.717, 1.165) is 17.3 Å². The summed E-state index contributed by atoms with van der Waals surface area (Å²) in [5.41, 5.74) is 0. The van der Waals surface area contributed by atoms with Crippen molar-refractivity contribution >= 4 is 52.5 Å². The summed E-state index contributed by atoms with van der Waals surface area (Å²) >= 11 is 21.5. The van der Waals surface area contributed by atoms with Crippen molar-refractivity contribution in [3.63, 3.8) is 0 Å². The largest absolute Gasteiger partial charge is 0.289 e. The highest BCUT2D eigenvalue weighted by Gasteiger charge is 2.34. The first-order valence-electron chi connectivity index (χ1n) is 3.44. The molecule has 0 bridgehead atoms. The molecule has 72 valence electrons. The SMILES string of the molecule is CCCCN(Cl)C(=O)C(Cl)(Cl)Cl. The second kappa shape index (κ2) is 5.38. The lowest BCUT2D eigenvalue weighted by molar-refractivity contribution is -0.125. The van der Waals surface area contributed by atoms with Gasteiger partial charge in [0.05, 0.1) is 0 Å². The Morgan fingerprint density at radius 2 is 1.92 bits per heavy atom. The zero-order valence-electron chi connectivity index (χ0n) is 6.49. The first-order chi connectivity index (χ1) is 5.39. The molecule has 0 radical (unpaired) electrons. The van der Waals surface area contributed by atoms with Crippen molar-refractivity contribution in [1.82, 2.24) is 4.42 Å². The fourth-order valence-corrected chi connectivity index (χ4v) is 1.22. The maximum Gasteiger partial charge on any atom is 0.289 e. The van der Waals surface area contributed by atoms with E-state index in [-0.39, 0.29) is 0 Å². The number of rotatable bonds is 3. The van der Waals surface area contributed by atoms with E-state index in [1.807, 2.05) is 6.92 Å². The summed E-state index contributed by atoms with van der Waals surface area (Å²) in [7, 11) is 0. The van der Waals surface area contributed by atoms with Crippen LogP contribution in [-0.2, 0) is 4.79 Å². The lowest BCUT2D eigenvalue weighted by atomic mass is 10.3. The molecule has 0 atom stereocenters. The quantitative estimate of drug-likeness (QED) is 0.558. The van der Waals surface area contributed by atoms with E-state index in [1.165, 1.54) is 0 Å². The predicted molar refractivity (Wildman–Crippen MR) is 52.8 cm³/mol. The Labute approximate surface area is 91.8 Å². The molecule has 0 saturated heterocycles. The van der Waals surface area contributed by atoms with Gasteiger partial charge in [-0.15, -0.1) is 0 Å². The third kappa shape index (κ3) is 4.61. The Morgan fingerprint density at radius 1 is 1.42 bits per heavy atom. The Bertz CT molecular complexity index is 156. The minimum atomic E-state index is -1.95. The van der Waals surface area contributed by atoms with Gasteiger partial charge in [-0.05, 0) is 6.42 Å². The summed E-state index contributed by atoms with van der Waals surface area (Å²) < 4.78 is -1.05. The molecule has 0 aromatic heterocycles. The van der Waals surface area contributed by atoms with Gasteiger partial charge in [-0.2, -0.15) is 0 Å². The van der Waals surface area contributed by atoms with Gasteiger partial charge in [0.15, 0.2) is 0 Å². The van der Waals surface area contributed by atoms with Crippen LogP contribution in [0.25, 0.3) is 0 Å². The molecule has 0 saturated carbocycles. The van der Waals surface area contributed by atoms with E-state index in [1.54, 1.807) is 0 Å². The molecule has 0 unspecified atom stereocenters. The molecule has 0 aromatic carbocycles. The molecular weight excluding hydrogens is 244 g/mol. The third-order valence-corrected chi connectivity index (χ3v) is 1.98. The van der Waals surface area contributed by atoms with E-state index >= 15 is 0 Å². The fourth-order valence-electron chi connectivity index (χ4n) is 0.536. The van der Waals surface area contributed by atoms with E-state index in [0.29, 0.717) is 6.54 Å². The minimum Gasteiger partial charge on any atom is -0.269 e. The van der Waals surface area contributed by atoms with E-state index in [9.17, 15) is 4.79 Å². The third-order valence-electron chi connectivity index (χ3n) is 1.17. The van der Waals surface area contributed by atoms with Crippen molar-refractivity contribution in [3.05, 3.63) is 0 Å². The fraction of sp³-hybridized carbons (Fsp3) is 0.833. The number of carbonyl (C=O) groups excluding carboxylic acids is 1. The van der Waals surface area contributed by atoms with E-state index in [2.05, 4.69) is 0 Å². The van der Waals surface area contributed by atoms with Gasteiger partial charge in [0, 0.05) is 18.3 Å². The molecule has 0 aliphatic carbocycles. The molecule has 12 heavy (non-hydrogen) atoms. The molecule has 0 aliphatic heterocycles. The second-order valence-electron chi connectivity index (χ2n) is 2.24. The molecule has 0 rings (SSSR count). The molecule has 0 N–H and O–H groups in total. The first-order valence-corrected chi connectivity index (χ1v) is 4.91. The lowest BCUT2D eigenvalue weighted by Crippen LogP contribution is -2.33. The van der Waals surface area contributed by atoms with Gasteiger partial charge in [0.2, 0.25) is 0 Å².